The number of nitrogens with zero attached hydrogens (tertiary/aromatic N) is 4. The van der Waals surface area contributed by atoms with Crippen LogP contribution in [-0.4, -0.2) is 39.1 Å². The molecule has 4 heterocycles. The summed E-state index contributed by atoms with van der Waals surface area (Å²) in [6, 6.07) is 4.48. The average Bonchev–Trinajstić information content (AvgIpc) is 3.17. The molecule has 0 aromatic carbocycles. The topological polar surface area (TPSA) is 56.3 Å². The summed E-state index contributed by atoms with van der Waals surface area (Å²) >= 11 is 0. The van der Waals surface area contributed by atoms with Crippen LogP contribution in [0.5, 0.6) is 0 Å². The third kappa shape index (κ3) is 2.57. The van der Waals surface area contributed by atoms with Gasteiger partial charge in [-0.15, -0.1) is 5.10 Å². The molecule has 2 aromatic heterocycles. The molecule has 6 nitrogen and oxygen atoms in total. The second-order valence-corrected chi connectivity index (χ2v) is 6.23. The number of hydrogen-bond acceptors (Lipinski definition) is 5. The number of aryl methyl sites for hydroxylation is 1. The molecule has 2 aliphatic heterocycles. The van der Waals surface area contributed by atoms with Crippen molar-refractivity contribution in [2.24, 2.45) is 0 Å². The average molecular weight is 302 g/mol. The van der Waals surface area contributed by atoms with Crippen LogP contribution in [0.2, 0.25) is 0 Å². The molecule has 22 heavy (non-hydrogen) atoms. The van der Waals surface area contributed by atoms with Crippen molar-refractivity contribution in [3.8, 4) is 0 Å². The summed E-state index contributed by atoms with van der Waals surface area (Å²) < 4.78 is 13.9. The summed E-state index contributed by atoms with van der Waals surface area (Å²) in [4.78, 5) is 2.43. The van der Waals surface area contributed by atoms with E-state index >= 15 is 0 Å². The van der Waals surface area contributed by atoms with Crippen LogP contribution in [0.1, 0.15) is 43.0 Å². The van der Waals surface area contributed by atoms with Crippen LogP contribution in [0, 0.1) is 0 Å². The Kier molecular flexibility index (Phi) is 3.72. The van der Waals surface area contributed by atoms with Crippen molar-refractivity contribution in [3.05, 3.63) is 35.5 Å². The van der Waals surface area contributed by atoms with Gasteiger partial charge < -0.3 is 9.15 Å². The molecule has 0 aliphatic carbocycles. The molecule has 1 saturated heterocycles. The van der Waals surface area contributed by atoms with Gasteiger partial charge in [-0.2, -0.15) is 0 Å². The highest BCUT2D eigenvalue weighted by atomic mass is 16.5. The van der Waals surface area contributed by atoms with Crippen molar-refractivity contribution in [1.82, 2.24) is 19.9 Å². The molecule has 2 atom stereocenters. The predicted molar refractivity (Wildman–Crippen MR) is 80.2 cm³/mol. The van der Waals surface area contributed by atoms with E-state index in [0.717, 1.165) is 56.1 Å². The molecule has 0 radical (unpaired) electrons. The zero-order valence-electron chi connectivity index (χ0n) is 12.9. The maximum Gasteiger partial charge on any atom is 0.118 e. The van der Waals surface area contributed by atoms with Crippen LogP contribution < -0.4 is 0 Å². The molecule has 1 fully saturated rings. The minimum Gasteiger partial charge on any atom is -0.465 e. The van der Waals surface area contributed by atoms with Gasteiger partial charge in [-0.05, 0) is 25.0 Å². The fraction of sp³-hybridized carbons (Fsp3) is 0.625. The number of piperidine rings is 1. The summed E-state index contributed by atoms with van der Waals surface area (Å²) in [5.41, 5.74) is 1.08. The lowest BCUT2D eigenvalue weighted by molar-refractivity contribution is -0.0677. The lowest BCUT2D eigenvalue weighted by Gasteiger charge is -2.40. The van der Waals surface area contributed by atoms with Gasteiger partial charge in [0.2, 0.25) is 0 Å². The maximum absolute atomic E-state index is 5.95. The maximum atomic E-state index is 5.95. The standard InChI is InChI=1S/C16H22N4O2/c1-2-3-13-4-5-14(22-13)9-19-7-6-16-15(10-19)20-12(11-21-16)8-17-18-20/h4-5,8,15-16H,2-3,6-7,9-11H2,1H3/t15-,16+/m1/s1. The zero-order valence-corrected chi connectivity index (χ0v) is 12.9. The summed E-state index contributed by atoms with van der Waals surface area (Å²) in [5, 5.41) is 8.27. The van der Waals surface area contributed by atoms with E-state index in [4.69, 9.17) is 9.15 Å². The summed E-state index contributed by atoms with van der Waals surface area (Å²) in [6.07, 6.45) is 5.23. The van der Waals surface area contributed by atoms with Gasteiger partial charge in [0, 0.05) is 19.5 Å². The van der Waals surface area contributed by atoms with Crippen molar-refractivity contribution >= 4 is 0 Å². The second-order valence-electron chi connectivity index (χ2n) is 6.23. The van der Waals surface area contributed by atoms with Crippen LogP contribution in [0.4, 0.5) is 0 Å². The third-order valence-corrected chi connectivity index (χ3v) is 4.61. The summed E-state index contributed by atoms with van der Waals surface area (Å²) in [6.45, 7) is 5.63. The zero-order chi connectivity index (χ0) is 14.9. The first-order chi connectivity index (χ1) is 10.8. The second kappa shape index (κ2) is 5.85. The molecule has 0 N–H and O–H groups in total. The normalized spacial score (nSPS) is 25.0. The van der Waals surface area contributed by atoms with Gasteiger partial charge in [0.1, 0.15) is 11.5 Å². The molecule has 4 rings (SSSR count). The first-order valence-electron chi connectivity index (χ1n) is 8.14. The van der Waals surface area contributed by atoms with Crippen LogP contribution in [0.15, 0.2) is 22.7 Å². The van der Waals surface area contributed by atoms with Crippen LogP contribution in [0.3, 0.4) is 0 Å². The van der Waals surface area contributed by atoms with E-state index in [1.54, 1.807) is 6.20 Å². The highest BCUT2D eigenvalue weighted by Gasteiger charge is 2.36. The van der Waals surface area contributed by atoms with E-state index in [1.807, 2.05) is 4.68 Å². The summed E-state index contributed by atoms with van der Waals surface area (Å²) in [5.74, 6) is 2.14. The third-order valence-electron chi connectivity index (χ3n) is 4.61. The number of ether oxygens (including phenoxy) is 1. The van der Waals surface area contributed by atoms with Gasteiger partial charge in [0.25, 0.3) is 0 Å². The predicted octanol–water partition coefficient (Wildman–Crippen LogP) is 2.17. The first-order valence-corrected chi connectivity index (χ1v) is 8.14. The Morgan fingerprint density at radius 2 is 2.23 bits per heavy atom. The lowest BCUT2D eigenvalue weighted by atomic mass is 10.0. The Morgan fingerprint density at radius 1 is 1.32 bits per heavy atom. The van der Waals surface area contributed by atoms with Crippen molar-refractivity contribution in [2.45, 2.75) is 51.5 Å². The van der Waals surface area contributed by atoms with E-state index < -0.39 is 0 Å². The van der Waals surface area contributed by atoms with Crippen molar-refractivity contribution in [1.29, 1.82) is 0 Å². The van der Waals surface area contributed by atoms with Crippen molar-refractivity contribution in [2.75, 3.05) is 13.1 Å². The molecule has 0 saturated carbocycles. The Balaban J connectivity index is 1.45. The molecular formula is C16H22N4O2. The molecule has 2 aromatic rings. The fourth-order valence-corrected chi connectivity index (χ4v) is 3.50. The van der Waals surface area contributed by atoms with Gasteiger partial charge in [-0.1, -0.05) is 12.1 Å². The van der Waals surface area contributed by atoms with Crippen LogP contribution in [0.25, 0.3) is 0 Å². The Bertz CT molecular complexity index is 636. The van der Waals surface area contributed by atoms with E-state index in [0.29, 0.717) is 6.61 Å². The lowest BCUT2D eigenvalue weighted by Crippen LogP contribution is -2.47. The first kappa shape index (κ1) is 14.0. The molecule has 2 aliphatic rings. The number of hydrogen-bond donors (Lipinski definition) is 0. The molecule has 118 valence electrons. The van der Waals surface area contributed by atoms with E-state index in [9.17, 15) is 0 Å². The monoisotopic (exact) mass is 302 g/mol. The SMILES string of the molecule is CCCc1ccc(CN2CC[C@@H]3OCc4cnnn4[C@@H]3C2)o1. The van der Waals surface area contributed by atoms with Gasteiger partial charge in [0.05, 0.1) is 37.2 Å². The number of fused-ring (bicyclic) bond motifs is 3. The fourth-order valence-electron chi connectivity index (χ4n) is 3.50. The van der Waals surface area contributed by atoms with Gasteiger partial charge in [0.15, 0.2) is 0 Å². The van der Waals surface area contributed by atoms with Gasteiger partial charge in [-0.25, -0.2) is 4.68 Å². The minimum atomic E-state index is 0.262. The number of aromatic nitrogens is 3. The van der Waals surface area contributed by atoms with E-state index in [1.165, 1.54) is 0 Å². The van der Waals surface area contributed by atoms with Crippen LogP contribution >= 0.6 is 0 Å². The largest absolute Gasteiger partial charge is 0.465 e. The number of rotatable bonds is 4. The Labute approximate surface area is 130 Å². The van der Waals surface area contributed by atoms with Crippen LogP contribution in [-0.2, 0) is 24.3 Å². The molecule has 0 spiro atoms. The molecule has 0 unspecified atom stereocenters. The van der Waals surface area contributed by atoms with Crippen molar-refractivity contribution < 1.29 is 9.15 Å². The quantitative estimate of drug-likeness (QED) is 0.866. The van der Waals surface area contributed by atoms with E-state index in [-0.39, 0.29) is 12.1 Å². The minimum absolute atomic E-state index is 0.262. The molecule has 6 heteroatoms. The highest BCUT2D eigenvalue weighted by Crippen LogP contribution is 2.30. The van der Waals surface area contributed by atoms with Gasteiger partial charge >= 0.3 is 0 Å². The Hall–Kier alpha value is -1.66. The van der Waals surface area contributed by atoms with Crippen molar-refractivity contribution in [3.63, 3.8) is 0 Å². The molecule has 0 bridgehead atoms. The highest BCUT2D eigenvalue weighted by molar-refractivity contribution is 5.08. The molecular weight excluding hydrogens is 280 g/mol. The summed E-state index contributed by atoms with van der Waals surface area (Å²) in [7, 11) is 0. The van der Waals surface area contributed by atoms with E-state index in [2.05, 4.69) is 34.3 Å². The van der Waals surface area contributed by atoms with Gasteiger partial charge in [-0.3, -0.25) is 4.90 Å². The number of likely N-dealkylation sites (tertiary alicyclic amines) is 1. The number of furan rings is 1. The molecule has 0 amide bonds. The smallest absolute Gasteiger partial charge is 0.118 e. The Morgan fingerprint density at radius 3 is 3.14 bits per heavy atom.